The topological polar surface area (TPSA) is 70.3 Å². The standard InChI is InChI=1S/C18H12F3NO3S/c19-11-3-9(8-22)4-12(6-11)25-14-5-10-1-2-26(24)16(10)15-13(14)7-18(20,21)17(15)23/h3-6,17,23H,1-2,7H2. The molecule has 2 aliphatic rings. The molecule has 0 amide bonds. The van der Waals surface area contributed by atoms with Crippen LogP contribution >= 0.6 is 0 Å². The van der Waals surface area contributed by atoms with E-state index in [4.69, 9.17) is 10.00 Å². The lowest BCUT2D eigenvalue weighted by Gasteiger charge is -2.16. The number of hydrogen-bond donors (Lipinski definition) is 1. The summed E-state index contributed by atoms with van der Waals surface area (Å²) in [6.45, 7) is 0. The van der Waals surface area contributed by atoms with Crippen LogP contribution in [0.4, 0.5) is 13.2 Å². The molecule has 1 N–H and O–H groups in total. The van der Waals surface area contributed by atoms with E-state index in [2.05, 4.69) is 0 Å². The normalized spacial score (nSPS) is 22.6. The highest BCUT2D eigenvalue weighted by atomic mass is 32.2. The molecule has 0 saturated heterocycles. The van der Waals surface area contributed by atoms with Crippen LogP contribution in [0.3, 0.4) is 0 Å². The number of benzene rings is 2. The molecule has 0 aromatic heterocycles. The fraction of sp³-hybridized carbons (Fsp3) is 0.278. The van der Waals surface area contributed by atoms with Gasteiger partial charge in [-0.3, -0.25) is 4.21 Å². The van der Waals surface area contributed by atoms with Gasteiger partial charge in [-0.2, -0.15) is 5.26 Å². The fourth-order valence-electron chi connectivity index (χ4n) is 3.43. The van der Waals surface area contributed by atoms with E-state index in [1.807, 2.05) is 0 Å². The van der Waals surface area contributed by atoms with Crippen molar-refractivity contribution in [2.24, 2.45) is 0 Å². The van der Waals surface area contributed by atoms with Crippen LogP contribution in [0.25, 0.3) is 0 Å². The van der Waals surface area contributed by atoms with Gasteiger partial charge in [-0.1, -0.05) is 0 Å². The van der Waals surface area contributed by atoms with Crippen molar-refractivity contribution in [2.75, 3.05) is 5.75 Å². The van der Waals surface area contributed by atoms with Gasteiger partial charge in [0.25, 0.3) is 5.92 Å². The fourth-order valence-corrected chi connectivity index (χ4v) is 4.98. The second-order valence-corrected chi connectivity index (χ2v) is 7.79. The van der Waals surface area contributed by atoms with Gasteiger partial charge in [0, 0.05) is 34.3 Å². The molecule has 0 spiro atoms. The Bertz CT molecular complexity index is 1000. The molecule has 0 bridgehead atoms. The molecule has 26 heavy (non-hydrogen) atoms. The molecular weight excluding hydrogens is 367 g/mol. The molecule has 4 rings (SSSR count). The third-order valence-corrected chi connectivity index (χ3v) is 6.08. The number of aliphatic hydroxyl groups is 1. The van der Waals surface area contributed by atoms with E-state index in [1.165, 1.54) is 12.1 Å². The Balaban J connectivity index is 1.86. The minimum absolute atomic E-state index is 0.00692. The molecule has 2 unspecified atom stereocenters. The quantitative estimate of drug-likeness (QED) is 0.869. The highest BCUT2D eigenvalue weighted by Gasteiger charge is 2.51. The number of nitriles is 1. The maximum absolute atomic E-state index is 14.1. The van der Waals surface area contributed by atoms with Gasteiger partial charge in [-0.05, 0) is 30.2 Å². The van der Waals surface area contributed by atoms with Crippen molar-refractivity contribution in [2.45, 2.75) is 29.8 Å². The zero-order valence-electron chi connectivity index (χ0n) is 13.3. The third kappa shape index (κ3) is 2.59. The number of nitrogens with zero attached hydrogens (tertiary/aromatic N) is 1. The highest BCUT2D eigenvalue weighted by Crippen LogP contribution is 2.51. The maximum atomic E-state index is 14.1. The summed E-state index contributed by atoms with van der Waals surface area (Å²) in [6.07, 6.45) is -2.40. The minimum Gasteiger partial charge on any atom is -0.457 e. The lowest BCUT2D eigenvalue weighted by Crippen LogP contribution is -2.22. The number of aryl methyl sites for hydroxylation is 1. The first-order valence-electron chi connectivity index (χ1n) is 7.81. The first kappa shape index (κ1) is 17.1. The Morgan fingerprint density at radius 2 is 2.08 bits per heavy atom. The van der Waals surface area contributed by atoms with Crippen molar-refractivity contribution < 1.29 is 27.2 Å². The van der Waals surface area contributed by atoms with Crippen molar-refractivity contribution in [1.29, 1.82) is 5.26 Å². The van der Waals surface area contributed by atoms with E-state index in [0.29, 0.717) is 17.7 Å². The van der Waals surface area contributed by atoms with Crippen LogP contribution in [-0.2, 0) is 23.6 Å². The van der Waals surface area contributed by atoms with Crippen LogP contribution in [0.2, 0.25) is 0 Å². The summed E-state index contributed by atoms with van der Waals surface area (Å²) < 4.78 is 59.7. The molecule has 1 aliphatic heterocycles. The van der Waals surface area contributed by atoms with Gasteiger partial charge < -0.3 is 9.84 Å². The zero-order chi connectivity index (χ0) is 18.6. The first-order valence-corrected chi connectivity index (χ1v) is 9.13. The maximum Gasteiger partial charge on any atom is 0.281 e. The second kappa shape index (κ2) is 5.83. The average Bonchev–Trinajstić information content (AvgIpc) is 3.05. The third-order valence-electron chi connectivity index (χ3n) is 4.56. The smallest absolute Gasteiger partial charge is 0.281 e. The molecule has 0 fully saturated rings. The lowest BCUT2D eigenvalue weighted by atomic mass is 10.0. The van der Waals surface area contributed by atoms with Gasteiger partial charge in [0.15, 0.2) is 0 Å². The minimum atomic E-state index is -3.40. The Kier molecular flexibility index (Phi) is 3.82. The first-order chi connectivity index (χ1) is 12.3. The van der Waals surface area contributed by atoms with Crippen LogP contribution in [0.15, 0.2) is 29.2 Å². The van der Waals surface area contributed by atoms with E-state index < -0.39 is 35.1 Å². The van der Waals surface area contributed by atoms with Gasteiger partial charge >= 0.3 is 0 Å². The number of ether oxygens (including phenoxy) is 1. The summed E-state index contributed by atoms with van der Waals surface area (Å²) >= 11 is 0. The molecule has 4 nitrogen and oxygen atoms in total. The number of aliphatic hydroxyl groups excluding tert-OH is 1. The van der Waals surface area contributed by atoms with Crippen LogP contribution in [0.1, 0.15) is 28.4 Å². The number of rotatable bonds is 2. The van der Waals surface area contributed by atoms with E-state index in [0.717, 1.165) is 12.1 Å². The van der Waals surface area contributed by atoms with Crippen LogP contribution in [-0.4, -0.2) is 21.0 Å². The van der Waals surface area contributed by atoms with E-state index >= 15 is 0 Å². The predicted octanol–water partition coefficient (Wildman–Crippen LogP) is 3.38. The van der Waals surface area contributed by atoms with Crippen molar-refractivity contribution in [1.82, 2.24) is 0 Å². The molecule has 0 saturated carbocycles. The molecule has 8 heteroatoms. The van der Waals surface area contributed by atoms with E-state index in [9.17, 15) is 22.5 Å². The summed E-state index contributed by atoms with van der Waals surface area (Å²) in [6, 6.07) is 6.68. The summed E-state index contributed by atoms with van der Waals surface area (Å²) in [4.78, 5) is 0.258. The Morgan fingerprint density at radius 3 is 2.81 bits per heavy atom. The largest absolute Gasteiger partial charge is 0.457 e. The van der Waals surface area contributed by atoms with Crippen LogP contribution in [0.5, 0.6) is 11.5 Å². The number of alkyl halides is 2. The van der Waals surface area contributed by atoms with Crippen LogP contribution < -0.4 is 4.74 Å². The summed E-state index contributed by atoms with van der Waals surface area (Å²) in [5.74, 6) is -3.75. The molecule has 1 heterocycles. The summed E-state index contributed by atoms with van der Waals surface area (Å²) in [5.41, 5.74) is 0.629. The molecule has 2 atom stereocenters. The van der Waals surface area contributed by atoms with E-state index in [1.54, 1.807) is 6.07 Å². The highest BCUT2D eigenvalue weighted by molar-refractivity contribution is 7.85. The molecule has 1 aliphatic carbocycles. The number of fused-ring (bicyclic) bond motifs is 3. The Morgan fingerprint density at radius 1 is 1.31 bits per heavy atom. The number of hydrogen-bond acceptors (Lipinski definition) is 4. The van der Waals surface area contributed by atoms with Gasteiger partial charge in [-0.25, -0.2) is 13.2 Å². The van der Waals surface area contributed by atoms with E-state index in [-0.39, 0.29) is 33.1 Å². The Labute approximate surface area is 149 Å². The summed E-state index contributed by atoms with van der Waals surface area (Å²) in [7, 11) is -1.45. The monoisotopic (exact) mass is 379 g/mol. The van der Waals surface area contributed by atoms with Gasteiger partial charge in [0.1, 0.15) is 23.4 Å². The number of halogens is 3. The van der Waals surface area contributed by atoms with Gasteiger partial charge in [-0.15, -0.1) is 0 Å². The molecule has 0 radical (unpaired) electrons. The molecule has 134 valence electrons. The van der Waals surface area contributed by atoms with Crippen LogP contribution in [0, 0.1) is 17.1 Å². The average molecular weight is 379 g/mol. The Hall–Kier alpha value is -2.37. The summed E-state index contributed by atoms with van der Waals surface area (Å²) in [5, 5.41) is 19.0. The van der Waals surface area contributed by atoms with Crippen molar-refractivity contribution in [3.8, 4) is 17.6 Å². The lowest BCUT2D eigenvalue weighted by molar-refractivity contribution is -0.0976. The predicted molar refractivity (Wildman–Crippen MR) is 86.2 cm³/mol. The zero-order valence-corrected chi connectivity index (χ0v) is 14.1. The van der Waals surface area contributed by atoms with Crippen molar-refractivity contribution >= 4 is 10.8 Å². The van der Waals surface area contributed by atoms with Crippen molar-refractivity contribution in [3.63, 3.8) is 0 Å². The molecular formula is C18H12F3NO3S. The molecule has 2 aromatic rings. The van der Waals surface area contributed by atoms with Gasteiger partial charge in [0.2, 0.25) is 0 Å². The SMILES string of the molecule is N#Cc1cc(F)cc(Oc2cc3c(c4c2CC(F)(F)C4O)S(=O)CC3)c1. The van der Waals surface area contributed by atoms with Gasteiger partial charge in [0.05, 0.1) is 22.4 Å². The second-order valence-electron chi connectivity index (χ2n) is 6.28. The van der Waals surface area contributed by atoms with Crippen molar-refractivity contribution in [3.05, 3.63) is 52.3 Å². The molecule has 2 aromatic carbocycles.